The molecule has 0 radical (unpaired) electrons. The zero-order valence-electron chi connectivity index (χ0n) is 20.6. The predicted molar refractivity (Wildman–Crippen MR) is 139 cm³/mol. The van der Waals surface area contributed by atoms with E-state index >= 15 is 0 Å². The molecule has 2 aromatic carbocycles. The van der Waals surface area contributed by atoms with Gasteiger partial charge in [-0.2, -0.15) is 0 Å². The van der Waals surface area contributed by atoms with Crippen LogP contribution in [-0.4, -0.2) is 46.7 Å². The van der Waals surface area contributed by atoms with Gasteiger partial charge in [0.15, 0.2) is 0 Å². The Morgan fingerprint density at radius 2 is 1.67 bits per heavy atom. The Morgan fingerprint density at radius 1 is 1.00 bits per heavy atom. The molecule has 2 aliphatic rings. The van der Waals surface area contributed by atoms with Gasteiger partial charge in [0.2, 0.25) is 11.8 Å². The van der Waals surface area contributed by atoms with Crippen LogP contribution in [-0.2, 0) is 16.1 Å². The van der Waals surface area contributed by atoms with Crippen molar-refractivity contribution in [2.75, 3.05) is 13.1 Å². The van der Waals surface area contributed by atoms with Crippen molar-refractivity contribution < 1.29 is 14.4 Å². The number of piperazine rings is 1. The molecule has 0 unspecified atom stereocenters. The molecule has 1 aliphatic carbocycles. The summed E-state index contributed by atoms with van der Waals surface area (Å²) in [5.41, 5.74) is 3.63. The Labute approximate surface area is 211 Å². The lowest BCUT2D eigenvalue weighted by Crippen LogP contribution is -2.51. The van der Waals surface area contributed by atoms with Gasteiger partial charge in [-0.15, -0.1) is 0 Å². The van der Waals surface area contributed by atoms with Crippen LogP contribution >= 0.6 is 0 Å². The Bertz CT molecular complexity index is 1270. The van der Waals surface area contributed by atoms with E-state index in [2.05, 4.69) is 17.6 Å². The van der Waals surface area contributed by atoms with Crippen LogP contribution in [0.15, 0.2) is 54.6 Å². The minimum absolute atomic E-state index is 0.0556. The van der Waals surface area contributed by atoms with Gasteiger partial charge in [-0.05, 0) is 31.7 Å². The van der Waals surface area contributed by atoms with E-state index in [1.54, 1.807) is 4.90 Å². The summed E-state index contributed by atoms with van der Waals surface area (Å²) in [6, 6.07) is 17.5. The van der Waals surface area contributed by atoms with E-state index in [9.17, 15) is 14.4 Å². The highest BCUT2D eigenvalue weighted by molar-refractivity contribution is 6.09. The maximum atomic E-state index is 14.0. The normalized spacial score (nSPS) is 18.1. The number of nitrogens with one attached hydrogen (secondary N) is 2. The molecule has 3 aromatic rings. The van der Waals surface area contributed by atoms with E-state index in [-0.39, 0.29) is 43.4 Å². The Kier molecular flexibility index (Phi) is 7.09. The van der Waals surface area contributed by atoms with Crippen LogP contribution in [0, 0.1) is 5.92 Å². The number of fused-ring (bicyclic) bond motifs is 1. The Balaban J connectivity index is 1.61. The van der Waals surface area contributed by atoms with E-state index in [1.807, 2.05) is 54.6 Å². The summed E-state index contributed by atoms with van der Waals surface area (Å²) in [5, 5.41) is 6.43. The molecule has 0 bridgehead atoms. The van der Waals surface area contributed by atoms with Crippen molar-refractivity contribution in [1.82, 2.24) is 20.5 Å². The van der Waals surface area contributed by atoms with E-state index < -0.39 is 0 Å². The number of benzene rings is 2. The van der Waals surface area contributed by atoms with Crippen molar-refractivity contribution in [3.8, 4) is 11.3 Å². The van der Waals surface area contributed by atoms with Gasteiger partial charge >= 0.3 is 0 Å². The standard InChI is InChI=1S/C29H32N4O3/c1-19(20-10-4-2-5-11-20)30-29(36)27-22-14-8-9-15-24(22)31-28(21-12-6-3-7-13-21)23(27)16-33-17-25(34)32-26(35)18-33/h3,6-9,12-15,19-20H,2,4-5,10-11,16-18H2,1H3,(H,30,36)(H,32,34,35)/t19-/m0/s1. The van der Waals surface area contributed by atoms with E-state index in [1.165, 1.54) is 19.3 Å². The number of para-hydroxylation sites is 1. The number of hydrogen-bond acceptors (Lipinski definition) is 5. The molecule has 1 saturated heterocycles. The fourth-order valence-corrected chi connectivity index (χ4v) is 5.56. The molecule has 5 rings (SSSR count). The number of rotatable bonds is 6. The molecular weight excluding hydrogens is 452 g/mol. The summed E-state index contributed by atoms with van der Waals surface area (Å²) in [4.78, 5) is 45.0. The van der Waals surface area contributed by atoms with E-state index in [4.69, 9.17) is 4.98 Å². The van der Waals surface area contributed by atoms with Crippen LogP contribution in [0.5, 0.6) is 0 Å². The van der Waals surface area contributed by atoms with Crippen molar-refractivity contribution in [1.29, 1.82) is 0 Å². The molecule has 2 fully saturated rings. The lowest BCUT2D eigenvalue weighted by Gasteiger charge is -2.30. The highest BCUT2D eigenvalue weighted by atomic mass is 16.2. The van der Waals surface area contributed by atoms with Gasteiger partial charge in [0.25, 0.3) is 5.91 Å². The van der Waals surface area contributed by atoms with Crippen molar-refractivity contribution in [2.24, 2.45) is 5.92 Å². The smallest absolute Gasteiger partial charge is 0.252 e. The Hall–Kier alpha value is -3.58. The van der Waals surface area contributed by atoms with Crippen LogP contribution in [0.1, 0.15) is 54.9 Å². The number of imide groups is 1. The topological polar surface area (TPSA) is 91.4 Å². The number of carbonyl (C=O) groups is 3. The van der Waals surface area contributed by atoms with Gasteiger partial charge in [0, 0.05) is 29.1 Å². The van der Waals surface area contributed by atoms with Crippen LogP contribution in [0.4, 0.5) is 0 Å². The number of aromatic nitrogens is 1. The van der Waals surface area contributed by atoms with Gasteiger partial charge in [-0.3, -0.25) is 24.6 Å². The SMILES string of the molecule is C[C@H](NC(=O)c1c(CN2CC(=O)NC(=O)C2)c(-c2ccccc2)nc2ccccc12)C1CCCCC1. The third-order valence-corrected chi connectivity index (χ3v) is 7.38. The van der Waals surface area contributed by atoms with Crippen molar-refractivity contribution in [3.05, 3.63) is 65.7 Å². The van der Waals surface area contributed by atoms with Gasteiger partial charge in [-0.1, -0.05) is 67.8 Å². The first-order valence-electron chi connectivity index (χ1n) is 12.8. The first kappa shape index (κ1) is 24.1. The number of amides is 3. The lowest BCUT2D eigenvalue weighted by atomic mass is 9.84. The third-order valence-electron chi connectivity index (χ3n) is 7.38. The lowest BCUT2D eigenvalue weighted by molar-refractivity contribution is -0.136. The van der Waals surface area contributed by atoms with Crippen molar-refractivity contribution in [2.45, 2.75) is 51.6 Å². The molecule has 2 N–H and O–H groups in total. The Morgan fingerprint density at radius 3 is 2.39 bits per heavy atom. The number of pyridine rings is 1. The summed E-state index contributed by atoms with van der Waals surface area (Å²) < 4.78 is 0. The summed E-state index contributed by atoms with van der Waals surface area (Å²) >= 11 is 0. The molecule has 186 valence electrons. The first-order valence-corrected chi connectivity index (χ1v) is 12.8. The molecule has 7 heteroatoms. The average molecular weight is 485 g/mol. The number of hydrogen-bond donors (Lipinski definition) is 2. The highest BCUT2D eigenvalue weighted by Crippen LogP contribution is 2.32. The second-order valence-corrected chi connectivity index (χ2v) is 9.97. The molecule has 1 saturated carbocycles. The molecule has 36 heavy (non-hydrogen) atoms. The zero-order valence-corrected chi connectivity index (χ0v) is 20.6. The molecule has 7 nitrogen and oxygen atoms in total. The van der Waals surface area contributed by atoms with Crippen LogP contribution < -0.4 is 10.6 Å². The molecule has 1 atom stereocenters. The van der Waals surface area contributed by atoms with Gasteiger partial charge < -0.3 is 5.32 Å². The fraction of sp³-hybridized carbons (Fsp3) is 0.379. The molecule has 2 heterocycles. The molecule has 1 aliphatic heterocycles. The maximum absolute atomic E-state index is 14.0. The summed E-state index contributed by atoms with van der Waals surface area (Å²) in [7, 11) is 0. The minimum atomic E-state index is -0.335. The number of carbonyl (C=O) groups excluding carboxylic acids is 3. The third kappa shape index (κ3) is 5.16. The molecular formula is C29H32N4O3. The molecule has 0 spiro atoms. The van der Waals surface area contributed by atoms with Crippen LogP contribution in [0.2, 0.25) is 0 Å². The van der Waals surface area contributed by atoms with Crippen LogP contribution in [0.3, 0.4) is 0 Å². The van der Waals surface area contributed by atoms with Gasteiger partial charge in [-0.25, -0.2) is 4.98 Å². The largest absolute Gasteiger partial charge is 0.349 e. The summed E-state index contributed by atoms with van der Waals surface area (Å²) in [6.07, 6.45) is 5.94. The fourth-order valence-electron chi connectivity index (χ4n) is 5.56. The average Bonchev–Trinajstić information content (AvgIpc) is 2.88. The quantitative estimate of drug-likeness (QED) is 0.515. The summed E-state index contributed by atoms with van der Waals surface area (Å²) in [5.74, 6) is -0.334. The van der Waals surface area contributed by atoms with Crippen molar-refractivity contribution in [3.63, 3.8) is 0 Å². The van der Waals surface area contributed by atoms with Gasteiger partial charge in [0.05, 0.1) is 29.9 Å². The number of nitrogens with zero attached hydrogens (tertiary/aromatic N) is 2. The predicted octanol–water partition coefficient (Wildman–Crippen LogP) is 4.06. The molecule has 3 amide bonds. The minimum Gasteiger partial charge on any atom is -0.349 e. The highest BCUT2D eigenvalue weighted by Gasteiger charge is 2.29. The first-order chi connectivity index (χ1) is 17.5. The van der Waals surface area contributed by atoms with E-state index in [0.29, 0.717) is 17.2 Å². The van der Waals surface area contributed by atoms with Crippen molar-refractivity contribution >= 4 is 28.6 Å². The zero-order chi connectivity index (χ0) is 25.1. The van der Waals surface area contributed by atoms with Crippen LogP contribution in [0.25, 0.3) is 22.2 Å². The van der Waals surface area contributed by atoms with Gasteiger partial charge in [0.1, 0.15) is 0 Å². The molecule has 1 aromatic heterocycles. The van der Waals surface area contributed by atoms with E-state index in [0.717, 1.165) is 34.9 Å². The second-order valence-electron chi connectivity index (χ2n) is 9.97. The monoisotopic (exact) mass is 484 g/mol. The summed E-state index contributed by atoms with van der Waals surface area (Å²) in [6.45, 7) is 2.54. The second kappa shape index (κ2) is 10.6. The maximum Gasteiger partial charge on any atom is 0.252 e.